The Morgan fingerprint density at radius 1 is 1.06 bits per heavy atom. The first-order valence-corrected chi connectivity index (χ1v) is 11.4. The highest BCUT2D eigenvalue weighted by atomic mass is 79.9. The third-order valence-electron chi connectivity index (χ3n) is 5.74. The van der Waals surface area contributed by atoms with Gasteiger partial charge in [-0.3, -0.25) is 14.6 Å². The van der Waals surface area contributed by atoms with E-state index in [1.807, 2.05) is 48.5 Å². The molecule has 2 amide bonds. The van der Waals surface area contributed by atoms with Crippen molar-refractivity contribution in [2.75, 3.05) is 11.9 Å². The smallest absolute Gasteiger partial charge is 0.407 e. The van der Waals surface area contributed by atoms with Crippen molar-refractivity contribution in [2.24, 2.45) is 0 Å². The summed E-state index contributed by atoms with van der Waals surface area (Å²) in [6, 6.07) is 14.5. The number of aliphatic carboxylic acids is 1. The second kappa shape index (κ2) is 10.0. The van der Waals surface area contributed by atoms with Gasteiger partial charge in [0.15, 0.2) is 0 Å². The number of ether oxygens (including phenoxy) is 1. The number of rotatable bonds is 7. The summed E-state index contributed by atoms with van der Waals surface area (Å²) in [6.45, 7) is 1.82. The van der Waals surface area contributed by atoms with Crippen molar-refractivity contribution in [3.8, 4) is 11.1 Å². The molecule has 1 unspecified atom stereocenters. The third-order valence-corrected chi connectivity index (χ3v) is 6.54. The Bertz CT molecular complexity index is 1220. The van der Waals surface area contributed by atoms with E-state index in [-0.39, 0.29) is 12.5 Å². The van der Waals surface area contributed by atoms with Crippen LogP contribution in [0.15, 0.2) is 65.4 Å². The predicted octanol–water partition coefficient (Wildman–Crippen LogP) is 4.47. The molecule has 1 atom stereocenters. The molecule has 1 aliphatic carbocycles. The predicted molar refractivity (Wildman–Crippen MR) is 130 cm³/mol. The molecule has 8 nitrogen and oxygen atoms in total. The van der Waals surface area contributed by atoms with E-state index in [2.05, 4.69) is 31.5 Å². The standard InChI is InChI=1S/C25H22BrN3O5/c1-14-20(26)11-27-12-22(14)28-24(32)21(10-23(30)31)29-25(33)34-13-19-17-8-4-2-6-15(17)16-7-3-5-9-18(16)19/h2-9,11-12,19,21H,10,13H2,1H3,(H,28,32)(H,29,33)(H,30,31). The Labute approximate surface area is 204 Å². The van der Waals surface area contributed by atoms with Gasteiger partial charge < -0.3 is 20.5 Å². The zero-order valence-corrected chi connectivity index (χ0v) is 19.8. The second-order valence-electron chi connectivity index (χ2n) is 7.90. The Morgan fingerprint density at radius 3 is 2.29 bits per heavy atom. The minimum absolute atomic E-state index is 0.0515. The Morgan fingerprint density at radius 2 is 1.68 bits per heavy atom. The van der Waals surface area contributed by atoms with E-state index in [0.29, 0.717) is 10.2 Å². The number of carboxylic acids is 1. The lowest BCUT2D eigenvalue weighted by Crippen LogP contribution is -2.45. The first kappa shape index (κ1) is 23.4. The van der Waals surface area contributed by atoms with Crippen molar-refractivity contribution < 1.29 is 24.2 Å². The quantitative estimate of drug-likeness (QED) is 0.420. The molecule has 1 aromatic heterocycles. The average molecular weight is 524 g/mol. The zero-order valence-electron chi connectivity index (χ0n) is 18.2. The van der Waals surface area contributed by atoms with Gasteiger partial charge in [0.05, 0.1) is 18.3 Å². The number of pyridine rings is 1. The van der Waals surface area contributed by atoms with Gasteiger partial charge in [0.25, 0.3) is 0 Å². The van der Waals surface area contributed by atoms with Crippen LogP contribution in [-0.2, 0) is 14.3 Å². The number of halogens is 1. The van der Waals surface area contributed by atoms with E-state index in [9.17, 15) is 19.5 Å². The molecule has 2 aromatic carbocycles. The number of hydrogen-bond acceptors (Lipinski definition) is 5. The van der Waals surface area contributed by atoms with Crippen LogP contribution in [0.25, 0.3) is 11.1 Å². The molecule has 9 heteroatoms. The lowest BCUT2D eigenvalue weighted by Gasteiger charge is -2.19. The molecule has 0 spiro atoms. The van der Waals surface area contributed by atoms with Gasteiger partial charge in [-0.05, 0) is 50.7 Å². The molecule has 3 N–H and O–H groups in total. The minimum Gasteiger partial charge on any atom is -0.481 e. The van der Waals surface area contributed by atoms with E-state index in [1.165, 1.54) is 6.20 Å². The zero-order chi connectivity index (χ0) is 24.2. The molecule has 0 fully saturated rings. The van der Waals surface area contributed by atoms with Crippen LogP contribution in [0.3, 0.4) is 0 Å². The Balaban J connectivity index is 1.44. The molecule has 174 valence electrons. The number of carbonyl (C=O) groups excluding carboxylic acids is 2. The summed E-state index contributed by atoms with van der Waals surface area (Å²) in [5.74, 6) is -2.07. The molecular formula is C25H22BrN3O5. The number of hydrogen-bond donors (Lipinski definition) is 3. The summed E-state index contributed by atoms with van der Waals surface area (Å²) in [4.78, 5) is 40.6. The fraction of sp³-hybridized carbons (Fsp3) is 0.200. The van der Waals surface area contributed by atoms with E-state index < -0.39 is 30.4 Å². The molecule has 1 heterocycles. The summed E-state index contributed by atoms with van der Waals surface area (Å²) in [5, 5.41) is 14.2. The molecular weight excluding hydrogens is 502 g/mol. The van der Waals surface area contributed by atoms with E-state index in [1.54, 1.807) is 13.1 Å². The topological polar surface area (TPSA) is 118 Å². The van der Waals surface area contributed by atoms with Crippen LogP contribution < -0.4 is 10.6 Å². The molecule has 34 heavy (non-hydrogen) atoms. The minimum atomic E-state index is -1.33. The van der Waals surface area contributed by atoms with Gasteiger partial charge in [0.2, 0.25) is 5.91 Å². The largest absolute Gasteiger partial charge is 0.481 e. The van der Waals surface area contributed by atoms with Gasteiger partial charge in [-0.25, -0.2) is 4.79 Å². The molecule has 0 saturated heterocycles. The maximum Gasteiger partial charge on any atom is 0.407 e. The van der Waals surface area contributed by atoms with Gasteiger partial charge in [0, 0.05) is 16.6 Å². The first-order valence-electron chi connectivity index (χ1n) is 10.6. The van der Waals surface area contributed by atoms with Crippen molar-refractivity contribution in [1.82, 2.24) is 10.3 Å². The summed E-state index contributed by atoms with van der Waals surface area (Å²) in [7, 11) is 0. The van der Waals surface area contributed by atoms with E-state index >= 15 is 0 Å². The van der Waals surface area contributed by atoms with Crippen LogP contribution in [0.5, 0.6) is 0 Å². The van der Waals surface area contributed by atoms with Gasteiger partial charge in [-0.1, -0.05) is 48.5 Å². The lowest BCUT2D eigenvalue weighted by atomic mass is 9.98. The average Bonchev–Trinajstić information content (AvgIpc) is 3.14. The van der Waals surface area contributed by atoms with Crippen LogP contribution >= 0.6 is 15.9 Å². The highest BCUT2D eigenvalue weighted by molar-refractivity contribution is 9.10. The molecule has 4 rings (SSSR count). The number of nitrogens with zero attached hydrogens (tertiary/aromatic N) is 1. The highest BCUT2D eigenvalue weighted by Crippen LogP contribution is 2.44. The number of aromatic nitrogens is 1. The third kappa shape index (κ3) is 4.94. The maximum absolute atomic E-state index is 12.7. The van der Waals surface area contributed by atoms with Crippen LogP contribution in [0.2, 0.25) is 0 Å². The Hall–Kier alpha value is -3.72. The van der Waals surface area contributed by atoms with Crippen molar-refractivity contribution in [3.05, 3.63) is 82.1 Å². The number of fused-ring (bicyclic) bond motifs is 3. The lowest BCUT2D eigenvalue weighted by molar-refractivity contribution is -0.139. The number of alkyl carbamates (subject to hydrolysis) is 1. The Kier molecular flexibility index (Phi) is 6.93. The summed E-state index contributed by atoms with van der Waals surface area (Å²) < 4.78 is 6.14. The summed E-state index contributed by atoms with van der Waals surface area (Å²) >= 11 is 3.33. The fourth-order valence-corrected chi connectivity index (χ4v) is 4.34. The molecule has 0 saturated carbocycles. The second-order valence-corrected chi connectivity index (χ2v) is 8.76. The number of benzene rings is 2. The maximum atomic E-state index is 12.7. The normalized spacial score (nSPS) is 12.9. The number of carbonyl (C=O) groups is 3. The van der Waals surface area contributed by atoms with E-state index in [4.69, 9.17) is 4.74 Å². The van der Waals surface area contributed by atoms with Gasteiger partial charge in [0.1, 0.15) is 12.6 Å². The van der Waals surface area contributed by atoms with Crippen LogP contribution in [0, 0.1) is 6.92 Å². The fourth-order valence-electron chi connectivity index (χ4n) is 4.01. The molecule has 1 aliphatic rings. The molecule has 3 aromatic rings. The summed E-state index contributed by atoms with van der Waals surface area (Å²) in [6.07, 6.45) is 1.56. The highest BCUT2D eigenvalue weighted by Gasteiger charge is 2.30. The van der Waals surface area contributed by atoms with Gasteiger partial charge in [-0.15, -0.1) is 0 Å². The summed E-state index contributed by atoms with van der Waals surface area (Å²) in [5.41, 5.74) is 5.41. The first-order chi connectivity index (χ1) is 16.3. The number of amides is 2. The van der Waals surface area contributed by atoms with Crippen molar-refractivity contribution >= 4 is 39.6 Å². The van der Waals surface area contributed by atoms with Gasteiger partial charge in [-0.2, -0.15) is 0 Å². The molecule has 0 bridgehead atoms. The van der Waals surface area contributed by atoms with Crippen molar-refractivity contribution in [3.63, 3.8) is 0 Å². The number of carboxylic acid groups (broad SMARTS) is 1. The van der Waals surface area contributed by atoms with Crippen molar-refractivity contribution in [1.29, 1.82) is 0 Å². The van der Waals surface area contributed by atoms with E-state index in [0.717, 1.165) is 27.8 Å². The van der Waals surface area contributed by atoms with Crippen LogP contribution in [-0.4, -0.2) is 40.7 Å². The number of anilines is 1. The number of nitrogens with one attached hydrogen (secondary N) is 2. The van der Waals surface area contributed by atoms with Gasteiger partial charge >= 0.3 is 12.1 Å². The van der Waals surface area contributed by atoms with Crippen LogP contribution in [0.4, 0.5) is 10.5 Å². The monoisotopic (exact) mass is 523 g/mol. The van der Waals surface area contributed by atoms with Crippen LogP contribution in [0.1, 0.15) is 29.0 Å². The molecule has 0 radical (unpaired) electrons. The molecule has 0 aliphatic heterocycles. The van der Waals surface area contributed by atoms with Crippen molar-refractivity contribution in [2.45, 2.75) is 25.3 Å². The SMILES string of the molecule is Cc1c(Br)cncc1NC(=O)C(CC(=O)O)NC(=O)OCC1c2ccccc2-c2ccccc21.